The lowest BCUT2D eigenvalue weighted by molar-refractivity contribution is 0.601. The number of sulfone groups is 1. The maximum absolute atomic E-state index is 11.5. The average molecular weight is 353 g/mol. The molecular formula is C12H15BrClNO2S. The van der Waals surface area contributed by atoms with Gasteiger partial charge in [-0.3, -0.25) is 0 Å². The predicted molar refractivity (Wildman–Crippen MR) is 79.2 cm³/mol. The Bertz CT molecular complexity index is 547. The summed E-state index contributed by atoms with van der Waals surface area (Å²) in [6, 6.07) is 5.95. The van der Waals surface area contributed by atoms with Gasteiger partial charge in [-0.2, -0.15) is 0 Å². The van der Waals surface area contributed by atoms with Gasteiger partial charge in [0.15, 0.2) is 9.84 Å². The molecule has 18 heavy (non-hydrogen) atoms. The van der Waals surface area contributed by atoms with E-state index in [-0.39, 0.29) is 17.5 Å². The molecule has 1 unspecified atom stereocenters. The van der Waals surface area contributed by atoms with E-state index < -0.39 is 9.84 Å². The highest BCUT2D eigenvalue weighted by Crippen LogP contribution is 2.29. The smallest absolute Gasteiger partial charge is 0.152 e. The summed E-state index contributed by atoms with van der Waals surface area (Å²) >= 11 is 9.37. The molecule has 0 bridgehead atoms. The van der Waals surface area contributed by atoms with E-state index in [9.17, 15) is 8.42 Å². The molecule has 0 radical (unpaired) electrons. The van der Waals surface area contributed by atoms with Crippen molar-refractivity contribution in [2.24, 2.45) is 0 Å². The number of benzene rings is 1. The molecule has 1 aliphatic rings. The molecule has 0 aromatic heterocycles. The number of nitrogens with zero attached hydrogens (tertiary/aromatic N) is 1. The highest BCUT2D eigenvalue weighted by molar-refractivity contribution is 9.10. The fraction of sp³-hybridized carbons (Fsp3) is 0.500. The Kier molecular flexibility index (Phi) is 4.24. The predicted octanol–water partition coefficient (Wildman–Crippen LogP) is 2.81. The van der Waals surface area contributed by atoms with E-state index in [0.717, 1.165) is 15.7 Å². The van der Waals surface area contributed by atoms with Crippen LogP contribution in [0.5, 0.6) is 0 Å². The minimum atomic E-state index is -2.86. The summed E-state index contributed by atoms with van der Waals surface area (Å²) in [6.07, 6.45) is 0.688. The number of hydrogen-bond donors (Lipinski definition) is 0. The first-order valence-electron chi connectivity index (χ1n) is 5.70. The number of alkyl halides is 1. The normalized spacial score (nSPS) is 22.1. The highest BCUT2D eigenvalue weighted by atomic mass is 79.9. The first-order valence-corrected chi connectivity index (χ1v) is 8.85. The maximum Gasteiger partial charge on any atom is 0.152 e. The highest BCUT2D eigenvalue weighted by Gasteiger charge is 2.31. The minimum Gasteiger partial charge on any atom is -0.370 e. The SMILES string of the molecule is CN(c1cc(Br)ccc1CCl)C1CCS(=O)(=O)C1. The molecule has 1 aromatic carbocycles. The van der Waals surface area contributed by atoms with Crippen LogP contribution in [0, 0.1) is 0 Å². The summed E-state index contributed by atoms with van der Waals surface area (Å²) in [5.41, 5.74) is 2.02. The minimum absolute atomic E-state index is 0.0475. The first-order chi connectivity index (χ1) is 8.43. The summed E-state index contributed by atoms with van der Waals surface area (Å²) in [7, 11) is -0.931. The summed E-state index contributed by atoms with van der Waals surface area (Å²) in [6.45, 7) is 0. The van der Waals surface area contributed by atoms with Gasteiger partial charge in [0.05, 0.1) is 11.5 Å². The molecule has 1 saturated heterocycles. The monoisotopic (exact) mass is 351 g/mol. The zero-order chi connectivity index (χ0) is 13.3. The zero-order valence-corrected chi connectivity index (χ0v) is 13.2. The molecule has 0 saturated carbocycles. The molecule has 0 aliphatic carbocycles. The molecule has 0 spiro atoms. The Morgan fingerprint density at radius 3 is 2.78 bits per heavy atom. The number of rotatable bonds is 3. The van der Waals surface area contributed by atoms with E-state index in [1.54, 1.807) is 0 Å². The topological polar surface area (TPSA) is 37.4 Å². The second-order valence-corrected chi connectivity index (χ2v) is 7.99. The van der Waals surface area contributed by atoms with Crippen LogP contribution in [0.2, 0.25) is 0 Å². The molecule has 1 aromatic rings. The van der Waals surface area contributed by atoms with E-state index in [0.29, 0.717) is 12.3 Å². The van der Waals surface area contributed by atoms with Crippen molar-refractivity contribution < 1.29 is 8.42 Å². The molecule has 0 N–H and O–H groups in total. The lowest BCUT2D eigenvalue weighted by atomic mass is 10.1. The van der Waals surface area contributed by atoms with E-state index in [1.807, 2.05) is 30.1 Å². The van der Waals surface area contributed by atoms with Crippen molar-refractivity contribution in [3.8, 4) is 0 Å². The molecule has 2 rings (SSSR count). The van der Waals surface area contributed by atoms with Gasteiger partial charge < -0.3 is 4.90 Å². The van der Waals surface area contributed by atoms with Crippen LogP contribution >= 0.6 is 27.5 Å². The maximum atomic E-state index is 11.5. The third kappa shape index (κ3) is 3.00. The average Bonchev–Trinajstić information content (AvgIpc) is 2.68. The lowest BCUT2D eigenvalue weighted by Crippen LogP contribution is -2.33. The van der Waals surface area contributed by atoms with Crippen molar-refractivity contribution in [3.63, 3.8) is 0 Å². The van der Waals surface area contributed by atoms with Gasteiger partial charge >= 0.3 is 0 Å². The van der Waals surface area contributed by atoms with E-state index >= 15 is 0 Å². The second kappa shape index (κ2) is 5.39. The molecule has 100 valence electrons. The molecule has 3 nitrogen and oxygen atoms in total. The van der Waals surface area contributed by atoms with Crippen molar-refractivity contribution in [1.29, 1.82) is 0 Å². The molecular weight excluding hydrogens is 338 g/mol. The zero-order valence-electron chi connectivity index (χ0n) is 10.1. The summed E-state index contributed by atoms with van der Waals surface area (Å²) in [5, 5.41) is 0. The Morgan fingerprint density at radius 1 is 1.50 bits per heavy atom. The van der Waals surface area contributed by atoms with Gasteiger partial charge in [-0.05, 0) is 24.1 Å². The third-order valence-corrected chi connectivity index (χ3v) is 5.86. The van der Waals surface area contributed by atoms with Crippen molar-refractivity contribution in [2.75, 3.05) is 23.5 Å². The van der Waals surface area contributed by atoms with Gasteiger partial charge in [0.2, 0.25) is 0 Å². The molecule has 6 heteroatoms. The van der Waals surface area contributed by atoms with Gasteiger partial charge in [-0.25, -0.2) is 8.42 Å². The fourth-order valence-electron chi connectivity index (χ4n) is 2.26. The first kappa shape index (κ1) is 14.2. The Morgan fingerprint density at radius 2 is 2.22 bits per heavy atom. The van der Waals surface area contributed by atoms with Crippen molar-refractivity contribution in [3.05, 3.63) is 28.2 Å². The molecule has 0 amide bonds. The Labute approximate surface area is 121 Å². The summed E-state index contributed by atoms with van der Waals surface area (Å²) in [5.74, 6) is 0.941. The van der Waals surface area contributed by atoms with Gasteiger partial charge in [-0.15, -0.1) is 11.6 Å². The van der Waals surface area contributed by atoms with E-state index in [1.165, 1.54) is 0 Å². The van der Waals surface area contributed by atoms with Crippen LogP contribution in [0.25, 0.3) is 0 Å². The van der Waals surface area contributed by atoms with Gasteiger partial charge in [-0.1, -0.05) is 22.0 Å². The van der Waals surface area contributed by atoms with Gasteiger partial charge in [0.25, 0.3) is 0 Å². The van der Waals surface area contributed by atoms with Gasteiger partial charge in [0.1, 0.15) is 0 Å². The van der Waals surface area contributed by atoms with Crippen LogP contribution in [-0.4, -0.2) is 33.0 Å². The number of hydrogen-bond acceptors (Lipinski definition) is 3. The Hall–Kier alpha value is -0.260. The van der Waals surface area contributed by atoms with Crippen LogP contribution in [0.15, 0.2) is 22.7 Å². The number of halogens is 2. The number of anilines is 1. The summed E-state index contributed by atoms with van der Waals surface area (Å²) in [4.78, 5) is 2.03. The van der Waals surface area contributed by atoms with Crippen LogP contribution in [0.1, 0.15) is 12.0 Å². The van der Waals surface area contributed by atoms with Crippen LogP contribution in [0.3, 0.4) is 0 Å². The van der Waals surface area contributed by atoms with E-state index in [2.05, 4.69) is 15.9 Å². The standard InChI is InChI=1S/C12H15BrClNO2S/c1-15(11-4-5-18(16,17)8-11)12-6-10(13)3-2-9(12)7-14/h2-3,6,11H,4-5,7-8H2,1H3. The van der Waals surface area contributed by atoms with Gasteiger partial charge in [0, 0.05) is 29.1 Å². The van der Waals surface area contributed by atoms with Crippen LogP contribution < -0.4 is 4.90 Å². The molecule has 1 heterocycles. The van der Waals surface area contributed by atoms with E-state index in [4.69, 9.17) is 11.6 Å². The quantitative estimate of drug-likeness (QED) is 0.785. The molecule has 1 aliphatic heterocycles. The van der Waals surface area contributed by atoms with Crippen LogP contribution in [-0.2, 0) is 15.7 Å². The largest absolute Gasteiger partial charge is 0.370 e. The fourth-order valence-corrected chi connectivity index (χ4v) is 4.61. The molecule has 1 fully saturated rings. The second-order valence-electron chi connectivity index (χ2n) is 4.57. The lowest BCUT2D eigenvalue weighted by Gasteiger charge is -2.27. The van der Waals surface area contributed by atoms with Crippen molar-refractivity contribution in [2.45, 2.75) is 18.3 Å². The molecule has 1 atom stereocenters. The van der Waals surface area contributed by atoms with Crippen LogP contribution in [0.4, 0.5) is 5.69 Å². The Balaban J connectivity index is 2.28. The van der Waals surface area contributed by atoms with Crippen molar-refractivity contribution in [1.82, 2.24) is 0 Å². The van der Waals surface area contributed by atoms with Crippen molar-refractivity contribution >= 4 is 43.1 Å². The summed E-state index contributed by atoms with van der Waals surface area (Å²) < 4.78 is 24.0. The third-order valence-electron chi connectivity index (χ3n) is 3.33.